The van der Waals surface area contributed by atoms with Crippen molar-refractivity contribution in [2.24, 2.45) is 0 Å². The van der Waals surface area contributed by atoms with E-state index in [0.717, 1.165) is 0 Å². The van der Waals surface area contributed by atoms with Crippen LogP contribution in [0.15, 0.2) is 4.52 Å². The highest BCUT2D eigenvalue weighted by Crippen LogP contribution is 2.33. The number of hydrogen-bond donors (Lipinski definition) is 0. The maximum atomic E-state index is 12.8. The van der Waals surface area contributed by atoms with Crippen LogP contribution >= 0.6 is 0 Å². The van der Waals surface area contributed by atoms with Crippen molar-refractivity contribution in [2.45, 2.75) is 64.5 Å². The molecule has 0 unspecified atom stereocenters. The van der Waals surface area contributed by atoms with Gasteiger partial charge in [0, 0.05) is 25.6 Å². The third kappa shape index (κ3) is 4.72. The summed E-state index contributed by atoms with van der Waals surface area (Å²) in [5.41, 5.74) is -0.581. The summed E-state index contributed by atoms with van der Waals surface area (Å²) in [5.74, 6) is 1.36. The van der Waals surface area contributed by atoms with Gasteiger partial charge in [-0.15, -0.1) is 0 Å². The predicted molar refractivity (Wildman–Crippen MR) is 102 cm³/mol. The van der Waals surface area contributed by atoms with Gasteiger partial charge in [0.15, 0.2) is 5.82 Å². The van der Waals surface area contributed by atoms with Gasteiger partial charge in [0.1, 0.15) is 6.54 Å². The summed E-state index contributed by atoms with van der Waals surface area (Å²) in [6.45, 7) is 7.77. The Labute approximate surface area is 166 Å². The maximum Gasteiger partial charge on any atom is 0.246 e. The van der Waals surface area contributed by atoms with E-state index >= 15 is 0 Å². The molecule has 28 heavy (non-hydrogen) atoms. The van der Waals surface area contributed by atoms with Crippen LogP contribution in [0.25, 0.3) is 0 Å². The summed E-state index contributed by atoms with van der Waals surface area (Å²) < 4.78 is 37.4. The number of carbonyl (C=O) groups excluding carboxylic acids is 1. The molecule has 0 saturated carbocycles. The fourth-order valence-corrected chi connectivity index (χ4v) is 5.23. The van der Waals surface area contributed by atoms with Crippen LogP contribution in [0.5, 0.6) is 0 Å². The SMILES string of the molecule is CCCS(=O)(=O)N1CCC2(CC1)CC(=O)N(Cc1nc(C(C)C)no1)CCO2. The van der Waals surface area contributed by atoms with Crippen LogP contribution < -0.4 is 0 Å². The largest absolute Gasteiger partial charge is 0.373 e. The molecule has 0 aliphatic carbocycles. The van der Waals surface area contributed by atoms with Gasteiger partial charge in [0.25, 0.3) is 0 Å². The van der Waals surface area contributed by atoms with E-state index in [-0.39, 0.29) is 30.5 Å². The highest BCUT2D eigenvalue weighted by molar-refractivity contribution is 7.89. The molecule has 1 spiro atoms. The molecule has 1 amide bonds. The number of nitrogens with zero attached hydrogens (tertiary/aromatic N) is 4. The average Bonchev–Trinajstić information content (AvgIpc) is 3.04. The molecule has 1 aromatic heterocycles. The molecule has 2 saturated heterocycles. The molecule has 2 aliphatic rings. The number of ether oxygens (including phenoxy) is 1. The summed E-state index contributed by atoms with van der Waals surface area (Å²) >= 11 is 0. The van der Waals surface area contributed by atoms with E-state index in [4.69, 9.17) is 9.26 Å². The zero-order chi connectivity index (χ0) is 20.4. The fraction of sp³-hybridized carbons (Fsp3) is 0.833. The van der Waals surface area contributed by atoms with E-state index in [9.17, 15) is 13.2 Å². The van der Waals surface area contributed by atoms with Crippen molar-refractivity contribution in [3.63, 3.8) is 0 Å². The number of amides is 1. The predicted octanol–water partition coefficient (Wildman–Crippen LogP) is 1.52. The van der Waals surface area contributed by atoms with E-state index in [1.807, 2.05) is 20.8 Å². The smallest absolute Gasteiger partial charge is 0.246 e. The molecule has 10 heteroatoms. The lowest BCUT2D eigenvalue weighted by molar-refractivity contribution is -0.135. The molecular formula is C18H30N4O5S. The van der Waals surface area contributed by atoms with Crippen LogP contribution in [-0.4, -0.2) is 71.3 Å². The minimum absolute atomic E-state index is 0.0216. The normalized spacial score (nSPS) is 21.4. The third-order valence-electron chi connectivity index (χ3n) is 5.41. The quantitative estimate of drug-likeness (QED) is 0.695. The molecular weight excluding hydrogens is 384 g/mol. The topological polar surface area (TPSA) is 106 Å². The lowest BCUT2D eigenvalue weighted by Crippen LogP contribution is -2.49. The second-order valence-electron chi connectivity index (χ2n) is 7.94. The van der Waals surface area contributed by atoms with Gasteiger partial charge < -0.3 is 14.2 Å². The number of rotatable bonds is 6. The molecule has 0 N–H and O–H groups in total. The summed E-state index contributed by atoms with van der Waals surface area (Å²) in [6, 6.07) is 0. The minimum Gasteiger partial charge on any atom is -0.373 e. The first-order valence-corrected chi connectivity index (χ1v) is 11.6. The Hall–Kier alpha value is -1.52. The summed E-state index contributed by atoms with van der Waals surface area (Å²) in [5, 5.41) is 3.94. The van der Waals surface area contributed by atoms with Crippen LogP contribution in [0, 0.1) is 0 Å². The first kappa shape index (κ1) is 21.2. The molecule has 2 fully saturated rings. The standard InChI is InChI=1S/C18H30N4O5S/c1-4-11-28(24,25)22-7-5-18(6-8-22)12-16(23)21(9-10-26-18)13-15-19-17(14(2)3)20-27-15/h14H,4-13H2,1-3H3. The molecule has 0 atom stereocenters. The molecule has 3 heterocycles. The van der Waals surface area contributed by atoms with E-state index in [1.54, 1.807) is 4.90 Å². The van der Waals surface area contributed by atoms with Gasteiger partial charge in [-0.05, 0) is 19.3 Å². The molecule has 1 aromatic rings. The second kappa shape index (κ2) is 8.46. The second-order valence-corrected chi connectivity index (χ2v) is 10.0. The Morgan fingerprint density at radius 3 is 2.54 bits per heavy atom. The summed E-state index contributed by atoms with van der Waals surface area (Å²) in [6.07, 6.45) is 1.92. The van der Waals surface area contributed by atoms with Crippen molar-refractivity contribution in [3.8, 4) is 0 Å². The van der Waals surface area contributed by atoms with E-state index in [0.29, 0.717) is 57.2 Å². The Bertz CT molecular complexity index is 784. The van der Waals surface area contributed by atoms with E-state index in [1.165, 1.54) is 4.31 Å². The van der Waals surface area contributed by atoms with Gasteiger partial charge in [-0.2, -0.15) is 4.98 Å². The highest BCUT2D eigenvalue weighted by Gasteiger charge is 2.42. The van der Waals surface area contributed by atoms with Gasteiger partial charge in [-0.25, -0.2) is 12.7 Å². The Morgan fingerprint density at radius 2 is 1.93 bits per heavy atom. The monoisotopic (exact) mass is 414 g/mol. The first-order valence-electron chi connectivity index (χ1n) is 9.97. The van der Waals surface area contributed by atoms with Gasteiger partial charge in [-0.1, -0.05) is 25.9 Å². The van der Waals surface area contributed by atoms with Gasteiger partial charge in [0.2, 0.25) is 21.8 Å². The molecule has 2 aliphatic heterocycles. The lowest BCUT2D eigenvalue weighted by atomic mass is 9.88. The van der Waals surface area contributed by atoms with Crippen LogP contribution in [0.4, 0.5) is 0 Å². The fourth-order valence-electron chi connectivity index (χ4n) is 3.71. The Morgan fingerprint density at radius 1 is 1.21 bits per heavy atom. The lowest BCUT2D eigenvalue weighted by Gasteiger charge is -2.39. The first-order chi connectivity index (χ1) is 13.2. The van der Waals surface area contributed by atoms with Crippen LogP contribution in [0.3, 0.4) is 0 Å². The Kier molecular flexibility index (Phi) is 6.41. The number of sulfonamides is 1. The van der Waals surface area contributed by atoms with Crippen molar-refractivity contribution >= 4 is 15.9 Å². The van der Waals surface area contributed by atoms with Crippen LogP contribution in [0.2, 0.25) is 0 Å². The van der Waals surface area contributed by atoms with Crippen molar-refractivity contribution < 1.29 is 22.5 Å². The van der Waals surface area contributed by atoms with Crippen LogP contribution in [-0.2, 0) is 26.1 Å². The number of hydrogen-bond acceptors (Lipinski definition) is 7. The summed E-state index contributed by atoms with van der Waals surface area (Å²) in [7, 11) is -3.21. The molecule has 9 nitrogen and oxygen atoms in total. The molecule has 3 rings (SSSR count). The Balaban J connectivity index is 1.61. The van der Waals surface area contributed by atoms with Crippen molar-refractivity contribution in [1.29, 1.82) is 0 Å². The number of aromatic nitrogens is 2. The van der Waals surface area contributed by atoms with Crippen molar-refractivity contribution in [1.82, 2.24) is 19.3 Å². The van der Waals surface area contributed by atoms with Gasteiger partial charge in [-0.3, -0.25) is 4.79 Å². The van der Waals surface area contributed by atoms with Gasteiger partial charge >= 0.3 is 0 Å². The minimum atomic E-state index is -3.21. The maximum absolute atomic E-state index is 12.8. The van der Waals surface area contributed by atoms with E-state index < -0.39 is 15.6 Å². The third-order valence-corrected chi connectivity index (χ3v) is 7.49. The summed E-state index contributed by atoms with van der Waals surface area (Å²) in [4.78, 5) is 18.9. The zero-order valence-electron chi connectivity index (χ0n) is 16.9. The van der Waals surface area contributed by atoms with Crippen molar-refractivity contribution in [3.05, 3.63) is 11.7 Å². The zero-order valence-corrected chi connectivity index (χ0v) is 17.7. The number of carbonyl (C=O) groups is 1. The molecule has 0 bridgehead atoms. The molecule has 0 radical (unpaired) electrons. The molecule has 0 aromatic carbocycles. The number of piperidine rings is 1. The average molecular weight is 415 g/mol. The van der Waals surface area contributed by atoms with Gasteiger partial charge in [0.05, 0.1) is 24.4 Å². The molecule has 158 valence electrons. The highest BCUT2D eigenvalue weighted by atomic mass is 32.2. The van der Waals surface area contributed by atoms with E-state index in [2.05, 4.69) is 10.1 Å². The van der Waals surface area contributed by atoms with Crippen molar-refractivity contribution in [2.75, 3.05) is 32.0 Å². The van der Waals surface area contributed by atoms with Crippen LogP contribution in [0.1, 0.15) is 64.1 Å².